The Kier molecular flexibility index (Phi) is 23.2. The predicted octanol–water partition coefficient (Wildman–Crippen LogP) is 13.0. The van der Waals surface area contributed by atoms with Gasteiger partial charge in [0.05, 0.1) is 0 Å². The molecule has 0 aromatic rings. The van der Waals surface area contributed by atoms with Gasteiger partial charge in [-0.05, 0) is 62.2 Å². The summed E-state index contributed by atoms with van der Waals surface area (Å²) in [6.07, 6.45) is 26.4. The second-order valence-corrected chi connectivity index (χ2v) is 14.1. The molecule has 2 atom stereocenters. The normalized spacial score (nSPS) is 13.7. The number of hydrogen-bond acceptors (Lipinski definition) is 0. The molecule has 0 radical (unpaired) electrons. The topological polar surface area (TPSA) is 0 Å². The monoisotopic (exact) mass is 479 g/mol. The second kappa shape index (κ2) is 22.0. The molecule has 0 heterocycles. The smallest absolute Gasteiger partial charge is 0.0346 e. The van der Waals surface area contributed by atoms with E-state index in [0.29, 0.717) is 10.8 Å². The van der Waals surface area contributed by atoms with E-state index in [-0.39, 0.29) is 0 Å². The van der Waals surface area contributed by atoms with Crippen LogP contribution in [0.2, 0.25) is 0 Å². The fourth-order valence-corrected chi connectivity index (χ4v) is 4.77. The third-order valence-corrected chi connectivity index (χ3v) is 6.93. The van der Waals surface area contributed by atoms with Crippen molar-refractivity contribution in [3.63, 3.8) is 0 Å². The van der Waals surface area contributed by atoms with Crippen LogP contribution in [0, 0.1) is 22.7 Å². The van der Waals surface area contributed by atoms with E-state index in [4.69, 9.17) is 0 Å². The molecule has 0 bridgehead atoms. The third-order valence-electron chi connectivity index (χ3n) is 6.93. The van der Waals surface area contributed by atoms with Crippen LogP contribution in [0.1, 0.15) is 185 Å². The molecule has 0 saturated heterocycles. The van der Waals surface area contributed by atoms with Crippen molar-refractivity contribution in [3.05, 3.63) is 11.6 Å². The number of unbranched alkanes of at least 4 members (excludes halogenated alkanes) is 8. The Labute approximate surface area is 219 Å². The van der Waals surface area contributed by atoms with Crippen molar-refractivity contribution in [2.75, 3.05) is 0 Å². The van der Waals surface area contributed by atoms with Gasteiger partial charge in [0.15, 0.2) is 0 Å². The minimum atomic E-state index is 0.505. The van der Waals surface area contributed by atoms with Crippen LogP contribution in [-0.4, -0.2) is 0 Å². The van der Waals surface area contributed by atoms with E-state index in [9.17, 15) is 0 Å². The molecule has 0 aliphatic rings. The van der Waals surface area contributed by atoms with E-state index >= 15 is 0 Å². The van der Waals surface area contributed by atoms with Gasteiger partial charge in [-0.3, -0.25) is 0 Å². The summed E-state index contributed by atoms with van der Waals surface area (Å²) in [6, 6.07) is 0. The van der Waals surface area contributed by atoms with Crippen molar-refractivity contribution in [3.8, 4) is 0 Å². The first-order chi connectivity index (χ1) is 15.8. The maximum Gasteiger partial charge on any atom is -0.0346 e. The lowest BCUT2D eigenvalue weighted by Crippen LogP contribution is -2.13. The van der Waals surface area contributed by atoms with Crippen molar-refractivity contribution >= 4 is 0 Å². The Balaban J connectivity index is 0. The van der Waals surface area contributed by atoms with Gasteiger partial charge < -0.3 is 0 Å². The highest BCUT2D eigenvalue weighted by atomic mass is 14.2. The fraction of sp³-hybridized carbons (Fsp3) is 0.941. The Morgan fingerprint density at radius 2 is 1.09 bits per heavy atom. The molecule has 0 spiro atoms. The molecular weight excluding hydrogens is 408 g/mol. The summed E-state index contributed by atoms with van der Waals surface area (Å²) in [7, 11) is 0. The summed E-state index contributed by atoms with van der Waals surface area (Å²) < 4.78 is 0. The molecule has 0 fully saturated rings. The molecule has 206 valence electrons. The van der Waals surface area contributed by atoms with Gasteiger partial charge >= 0.3 is 0 Å². The minimum absolute atomic E-state index is 0.505. The fourth-order valence-electron chi connectivity index (χ4n) is 4.77. The van der Waals surface area contributed by atoms with E-state index in [1.165, 1.54) is 115 Å². The zero-order valence-corrected chi connectivity index (χ0v) is 26.3. The van der Waals surface area contributed by atoms with Crippen LogP contribution in [0.15, 0.2) is 11.6 Å². The van der Waals surface area contributed by atoms with Gasteiger partial charge in [-0.25, -0.2) is 0 Å². The summed E-state index contributed by atoms with van der Waals surface area (Å²) >= 11 is 0. The van der Waals surface area contributed by atoms with Crippen LogP contribution in [0.4, 0.5) is 0 Å². The number of allylic oxidation sites excluding steroid dienone is 2. The maximum absolute atomic E-state index is 2.41. The van der Waals surface area contributed by atoms with Crippen LogP contribution >= 0.6 is 0 Å². The van der Waals surface area contributed by atoms with Gasteiger partial charge in [-0.15, -0.1) is 0 Å². The molecule has 0 aliphatic heterocycles. The van der Waals surface area contributed by atoms with Gasteiger partial charge in [-0.1, -0.05) is 157 Å². The van der Waals surface area contributed by atoms with Crippen molar-refractivity contribution in [2.24, 2.45) is 22.7 Å². The minimum Gasteiger partial charge on any atom is -0.0859 e. The summed E-state index contributed by atoms with van der Waals surface area (Å²) in [5, 5.41) is 0. The molecule has 2 unspecified atom stereocenters. The van der Waals surface area contributed by atoms with Gasteiger partial charge in [0.1, 0.15) is 0 Å². The maximum atomic E-state index is 2.41. The van der Waals surface area contributed by atoms with Gasteiger partial charge in [0.25, 0.3) is 0 Å². The van der Waals surface area contributed by atoms with Crippen molar-refractivity contribution in [1.82, 2.24) is 0 Å². The highest BCUT2D eigenvalue weighted by molar-refractivity contribution is 4.92. The average Bonchev–Trinajstić information content (AvgIpc) is 2.70. The molecule has 34 heavy (non-hydrogen) atoms. The average molecular weight is 479 g/mol. The van der Waals surface area contributed by atoms with E-state index in [1.54, 1.807) is 0 Å². The number of rotatable bonds is 18. The van der Waals surface area contributed by atoms with E-state index in [1.807, 2.05) is 0 Å². The van der Waals surface area contributed by atoms with Crippen molar-refractivity contribution < 1.29 is 0 Å². The van der Waals surface area contributed by atoms with Crippen molar-refractivity contribution in [2.45, 2.75) is 185 Å². The zero-order valence-electron chi connectivity index (χ0n) is 26.3. The molecule has 0 nitrogen and oxygen atoms in total. The molecule has 0 heteroatoms. The van der Waals surface area contributed by atoms with E-state index in [0.717, 1.165) is 11.8 Å². The van der Waals surface area contributed by atoms with Crippen LogP contribution in [0.3, 0.4) is 0 Å². The lowest BCUT2D eigenvalue weighted by Gasteiger charge is -2.26. The van der Waals surface area contributed by atoms with Gasteiger partial charge in [-0.2, -0.15) is 0 Å². The lowest BCUT2D eigenvalue weighted by molar-refractivity contribution is 0.260. The predicted molar refractivity (Wildman–Crippen MR) is 161 cm³/mol. The molecule has 0 aliphatic carbocycles. The quantitative estimate of drug-likeness (QED) is 0.136. The molecule has 0 saturated carbocycles. The summed E-state index contributed by atoms with van der Waals surface area (Å²) in [4.78, 5) is 0. The largest absolute Gasteiger partial charge is 0.0859 e. The van der Waals surface area contributed by atoms with Crippen LogP contribution in [0.25, 0.3) is 0 Å². The van der Waals surface area contributed by atoms with Crippen molar-refractivity contribution in [1.29, 1.82) is 0 Å². The van der Waals surface area contributed by atoms with Crippen LogP contribution in [-0.2, 0) is 0 Å². The van der Waals surface area contributed by atoms with Crippen LogP contribution < -0.4 is 0 Å². The Morgan fingerprint density at radius 1 is 0.618 bits per heavy atom. The molecule has 0 aromatic carbocycles. The summed E-state index contributed by atoms with van der Waals surface area (Å²) in [5.74, 6) is 1.86. The molecule has 0 amide bonds. The number of hydrogen-bond donors (Lipinski definition) is 0. The molecule has 0 rings (SSSR count). The molecule has 0 aromatic heterocycles. The summed E-state index contributed by atoms with van der Waals surface area (Å²) in [6.45, 7) is 25.6. The molecular formula is C34H70. The standard InChI is InChI=1S/C20H42.C14H28/c1-6-8-10-12-13-15-17-19(18-20(3,4)5)16-14-11-9-7-2;1-12(2)8-7-9-13(3)10-11-14(4,5)6/h19H,6-18H2,1-5H3;8,13H,7,9-11H2,1-6H3. The summed E-state index contributed by atoms with van der Waals surface area (Å²) in [5.41, 5.74) is 2.47. The first kappa shape index (κ1) is 35.9. The highest BCUT2D eigenvalue weighted by Gasteiger charge is 2.18. The Bertz CT molecular complexity index is 438. The van der Waals surface area contributed by atoms with Gasteiger partial charge in [0, 0.05) is 0 Å². The first-order valence-corrected chi connectivity index (χ1v) is 15.4. The highest BCUT2D eigenvalue weighted by Crippen LogP contribution is 2.31. The molecule has 0 N–H and O–H groups in total. The van der Waals surface area contributed by atoms with E-state index in [2.05, 4.69) is 82.2 Å². The second-order valence-electron chi connectivity index (χ2n) is 14.1. The van der Waals surface area contributed by atoms with E-state index < -0.39 is 0 Å². The zero-order chi connectivity index (χ0) is 26.5. The Hall–Kier alpha value is -0.260. The van der Waals surface area contributed by atoms with Gasteiger partial charge in [0.2, 0.25) is 0 Å². The SMILES string of the molecule is CC(C)=CCCC(C)CCC(C)(C)C.CCCCCCCCC(CCCCCC)CC(C)(C)C. The lowest BCUT2D eigenvalue weighted by atomic mass is 9.80. The first-order valence-electron chi connectivity index (χ1n) is 15.4. The third kappa shape index (κ3) is 31.7. The Morgan fingerprint density at radius 3 is 1.53 bits per heavy atom. The van der Waals surface area contributed by atoms with Crippen LogP contribution in [0.5, 0.6) is 0 Å².